The second-order valence-electron chi connectivity index (χ2n) is 6.23. The highest BCUT2D eigenvalue weighted by atomic mass is 19.4. The lowest BCUT2D eigenvalue weighted by atomic mass is 10.2. The van der Waals surface area contributed by atoms with Crippen molar-refractivity contribution in [2.24, 2.45) is 0 Å². The van der Waals surface area contributed by atoms with Crippen molar-refractivity contribution in [1.29, 1.82) is 0 Å². The van der Waals surface area contributed by atoms with E-state index in [1.165, 1.54) is 6.07 Å². The van der Waals surface area contributed by atoms with Gasteiger partial charge >= 0.3 is 6.18 Å². The van der Waals surface area contributed by atoms with E-state index >= 15 is 0 Å². The molecule has 1 aromatic heterocycles. The van der Waals surface area contributed by atoms with Gasteiger partial charge < -0.3 is 9.30 Å². The molecule has 1 heterocycles. The molecule has 0 amide bonds. The number of hydrogen-bond acceptors (Lipinski definition) is 1. The van der Waals surface area contributed by atoms with Gasteiger partial charge in [0.15, 0.2) is 0 Å². The minimum Gasteiger partial charge on any atom is -0.489 e. The third-order valence-electron chi connectivity index (χ3n) is 4.36. The monoisotopic (exact) mass is 367 g/mol. The average molecular weight is 367 g/mol. The lowest BCUT2D eigenvalue weighted by Gasteiger charge is -2.11. The third kappa shape index (κ3) is 3.67. The molecule has 0 saturated carbocycles. The Morgan fingerprint density at radius 3 is 2.41 bits per heavy atom. The maximum absolute atomic E-state index is 13.0. The molecular formula is C22H16F3NO. The molecule has 0 radical (unpaired) electrons. The molecule has 4 rings (SSSR count). The van der Waals surface area contributed by atoms with Gasteiger partial charge in [-0.15, -0.1) is 0 Å². The maximum atomic E-state index is 13.0. The van der Waals surface area contributed by atoms with Crippen LogP contribution >= 0.6 is 0 Å². The molecule has 5 heteroatoms. The van der Waals surface area contributed by atoms with Crippen LogP contribution in [0.3, 0.4) is 0 Å². The Hall–Kier alpha value is -3.21. The Morgan fingerprint density at radius 1 is 0.815 bits per heavy atom. The van der Waals surface area contributed by atoms with Crippen molar-refractivity contribution in [3.8, 4) is 11.4 Å². The van der Waals surface area contributed by atoms with Crippen LogP contribution in [0.5, 0.6) is 5.75 Å². The van der Waals surface area contributed by atoms with Crippen LogP contribution in [0, 0.1) is 0 Å². The summed E-state index contributed by atoms with van der Waals surface area (Å²) in [6.45, 7) is 0.459. The molecule has 0 bridgehead atoms. The van der Waals surface area contributed by atoms with Crippen molar-refractivity contribution in [3.63, 3.8) is 0 Å². The van der Waals surface area contributed by atoms with Crippen LogP contribution in [-0.2, 0) is 12.8 Å². The first-order chi connectivity index (χ1) is 13.0. The molecule has 0 atom stereocenters. The third-order valence-corrected chi connectivity index (χ3v) is 4.36. The van der Waals surface area contributed by atoms with Crippen LogP contribution in [0.1, 0.15) is 11.1 Å². The number of alkyl halides is 3. The lowest BCUT2D eigenvalue weighted by molar-refractivity contribution is -0.137. The predicted molar refractivity (Wildman–Crippen MR) is 99.1 cm³/mol. The maximum Gasteiger partial charge on any atom is 0.416 e. The number of fused-ring (bicyclic) bond motifs is 1. The van der Waals surface area contributed by atoms with Gasteiger partial charge in [-0.2, -0.15) is 13.2 Å². The number of benzene rings is 3. The number of hydrogen-bond donors (Lipinski definition) is 0. The predicted octanol–water partition coefficient (Wildman–Crippen LogP) is 6.23. The number of aromatic nitrogens is 1. The van der Waals surface area contributed by atoms with Crippen molar-refractivity contribution < 1.29 is 17.9 Å². The van der Waals surface area contributed by atoms with Crippen LogP contribution < -0.4 is 4.74 Å². The summed E-state index contributed by atoms with van der Waals surface area (Å²) >= 11 is 0. The first kappa shape index (κ1) is 17.2. The van der Waals surface area contributed by atoms with E-state index in [2.05, 4.69) is 0 Å². The molecule has 0 fully saturated rings. The summed E-state index contributed by atoms with van der Waals surface area (Å²) in [5.41, 5.74) is 1.70. The Balaban J connectivity index is 1.61. The lowest BCUT2D eigenvalue weighted by Crippen LogP contribution is -2.05. The van der Waals surface area contributed by atoms with Crippen LogP contribution in [-0.4, -0.2) is 4.57 Å². The second kappa shape index (κ2) is 6.83. The average Bonchev–Trinajstić information content (AvgIpc) is 3.10. The zero-order chi connectivity index (χ0) is 18.9. The van der Waals surface area contributed by atoms with Gasteiger partial charge in [0.05, 0.1) is 11.1 Å². The fourth-order valence-corrected chi connectivity index (χ4v) is 3.01. The normalized spacial score (nSPS) is 11.7. The minimum atomic E-state index is -4.36. The van der Waals surface area contributed by atoms with Crippen molar-refractivity contribution in [1.82, 2.24) is 4.57 Å². The summed E-state index contributed by atoms with van der Waals surface area (Å²) in [5.74, 6) is 0.716. The molecule has 0 aliphatic carbocycles. The van der Waals surface area contributed by atoms with Gasteiger partial charge in [-0.25, -0.2) is 0 Å². The first-order valence-corrected chi connectivity index (χ1v) is 8.46. The smallest absolute Gasteiger partial charge is 0.416 e. The largest absolute Gasteiger partial charge is 0.489 e. The topological polar surface area (TPSA) is 14.2 Å². The Morgan fingerprint density at radius 2 is 1.63 bits per heavy atom. The number of ether oxygens (including phenoxy) is 1. The van der Waals surface area contributed by atoms with Gasteiger partial charge in [-0.3, -0.25) is 0 Å². The molecule has 27 heavy (non-hydrogen) atoms. The summed E-state index contributed by atoms with van der Waals surface area (Å²) in [6, 6.07) is 22.6. The highest BCUT2D eigenvalue weighted by Gasteiger charge is 2.30. The molecule has 0 aliphatic rings. The quantitative estimate of drug-likeness (QED) is 0.417. The molecule has 0 N–H and O–H groups in total. The second-order valence-corrected chi connectivity index (χ2v) is 6.23. The molecular weight excluding hydrogens is 351 g/mol. The summed E-state index contributed by atoms with van der Waals surface area (Å²) in [4.78, 5) is 0. The SMILES string of the molecule is FC(F)(F)c1cccc(-n2ccc3cc(OCc4ccccc4)ccc32)c1. The van der Waals surface area contributed by atoms with Gasteiger partial charge in [-0.1, -0.05) is 36.4 Å². The molecule has 136 valence electrons. The summed E-state index contributed by atoms with van der Waals surface area (Å²) in [5, 5.41) is 0.901. The number of nitrogens with zero attached hydrogens (tertiary/aromatic N) is 1. The van der Waals surface area contributed by atoms with Gasteiger partial charge in [0, 0.05) is 17.3 Å². The molecule has 3 aromatic carbocycles. The number of rotatable bonds is 4. The molecule has 0 aliphatic heterocycles. The molecule has 2 nitrogen and oxygen atoms in total. The standard InChI is InChI=1S/C22H16F3NO/c23-22(24,25)18-7-4-8-19(14-18)26-12-11-17-13-20(9-10-21(17)26)27-15-16-5-2-1-3-6-16/h1-14H,15H2. The van der Waals surface area contributed by atoms with Crippen LogP contribution in [0.4, 0.5) is 13.2 Å². The van der Waals surface area contributed by atoms with E-state index in [9.17, 15) is 13.2 Å². The Kier molecular flexibility index (Phi) is 4.36. The first-order valence-electron chi connectivity index (χ1n) is 8.46. The molecule has 4 aromatic rings. The number of halogens is 3. The van der Waals surface area contributed by atoms with Gasteiger partial charge in [0.25, 0.3) is 0 Å². The van der Waals surface area contributed by atoms with E-state index < -0.39 is 11.7 Å². The van der Waals surface area contributed by atoms with E-state index in [1.807, 2.05) is 54.6 Å². The Labute approximate surface area is 154 Å². The fourth-order valence-electron chi connectivity index (χ4n) is 3.01. The van der Waals surface area contributed by atoms with Crippen LogP contribution in [0.15, 0.2) is 85.1 Å². The summed E-state index contributed by atoms with van der Waals surface area (Å²) in [7, 11) is 0. The zero-order valence-corrected chi connectivity index (χ0v) is 14.3. The molecule has 0 unspecified atom stereocenters. The highest BCUT2D eigenvalue weighted by molar-refractivity contribution is 5.83. The summed E-state index contributed by atoms with van der Waals surface area (Å²) < 4.78 is 46.5. The van der Waals surface area contributed by atoms with E-state index in [4.69, 9.17) is 4.74 Å². The fraction of sp³-hybridized carbons (Fsp3) is 0.0909. The van der Waals surface area contributed by atoms with E-state index in [1.54, 1.807) is 16.8 Å². The minimum absolute atomic E-state index is 0.459. The Bertz CT molecular complexity index is 1070. The van der Waals surface area contributed by atoms with Crippen LogP contribution in [0.2, 0.25) is 0 Å². The van der Waals surface area contributed by atoms with Gasteiger partial charge in [0.2, 0.25) is 0 Å². The van der Waals surface area contributed by atoms with E-state index in [0.717, 1.165) is 28.6 Å². The van der Waals surface area contributed by atoms with Crippen molar-refractivity contribution in [3.05, 3.63) is 96.2 Å². The van der Waals surface area contributed by atoms with E-state index in [-0.39, 0.29) is 0 Å². The van der Waals surface area contributed by atoms with Gasteiger partial charge in [-0.05, 0) is 48.0 Å². The van der Waals surface area contributed by atoms with Crippen molar-refractivity contribution in [2.45, 2.75) is 12.8 Å². The van der Waals surface area contributed by atoms with Crippen molar-refractivity contribution in [2.75, 3.05) is 0 Å². The molecule has 0 spiro atoms. The van der Waals surface area contributed by atoms with E-state index in [0.29, 0.717) is 18.0 Å². The van der Waals surface area contributed by atoms with Crippen LogP contribution in [0.25, 0.3) is 16.6 Å². The van der Waals surface area contributed by atoms with Crippen molar-refractivity contribution >= 4 is 10.9 Å². The zero-order valence-electron chi connectivity index (χ0n) is 14.3. The highest BCUT2D eigenvalue weighted by Crippen LogP contribution is 2.32. The summed E-state index contributed by atoms with van der Waals surface area (Å²) in [6.07, 6.45) is -2.60. The molecule has 0 saturated heterocycles. The van der Waals surface area contributed by atoms with Gasteiger partial charge in [0.1, 0.15) is 12.4 Å².